The summed E-state index contributed by atoms with van der Waals surface area (Å²) in [6.07, 6.45) is 6.49. The van der Waals surface area contributed by atoms with Gasteiger partial charge in [0, 0.05) is 6.04 Å². The highest BCUT2D eigenvalue weighted by molar-refractivity contribution is 5.32. The van der Waals surface area contributed by atoms with Crippen LogP contribution in [0.2, 0.25) is 0 Å². The number of hydrogen-bond acceptors (Lipinski definition) is 2. The second kappa shape index (κ2) is 7.46. The van der Waals surface area contributed by atoms with Gasteiger partial charge in [0.15, 0.2) is 0 Å². The van der Waals surface area contributed by atoms with Crippen LogP contribution in [0.15, 0.2) is 36.9 Å². The Morgan fingerprint density at radius 2 is 2.32 bits per heavy atom. The highest BCUT2D eigenvalue weighted by Gasteiger charge is 2.27. The van der Waals surface area contributed by atoms with Gasteiger partial charge in [0.1, 0.15) is 0 Å². The molecule has 0 saturated carbocycles. The Morgan fingerprint density at radius 3 is 3.11 bits per heavy atom. The molecule has 1 aliphatic heterocycles. The molecular weight excluding hydrogens is 234 g/mol. The van der Waals surface area contributed by atoms with Gasteiger partial charge in [-0.25, -0.2) is 0 Å². The van der Waals surface area contributed by atoms with E-state index in [1.165, 1.54) is 11.1 Å². The first-order chi connectivity index (χ1) is 9.36. The molecule has 19 heavy (non-hydrogen) atoms. The predicted octanol–water partition coefficient (Wildman–Crippen LogP) is 3.63. The third-order valence-corrected chi connectivity index (χ3v) is 3.73. The van der Waals surface area contributed by atoms with Gasteiger partial charge in [-0.05, 0) is 43.4 Å². The molecule has 0 radical (unpaired) electrons. The van der Waals surface area contributed by atoms with Crippen molar-refractivity contribution in [3.63, 3.8) is 0 Å². The molecule has 0 fully saturated rings. The van der Waals surface area contributed by atoms with Crippen LogP contribution in [0.5, 0.6) is 0 Å². The lowest BCUT2D eigenvalue weighted by molar-refractivity contribution is 0.0135. The first kappa shape index (κ1) is 14.3. The third-order valence-electron chi connectivity index (χ3n) is 3.73. The molecule has 0 aromatic heterocycles. The quantitative estimate of drug-likeness (QED) is 0.755. The van der Waals surface area contributed by atoms with Gasteiger partial charge in [0.25, 0.3) is 0 Å². The van der Waals surface area contributed by atoms with Crippen molar-refractivity contribution in [2.75, 3.05) is 13.2 Å². The van der Waals surface area contributed by atoms with Gasteiger partial charge < -0.3 is 10.1 Å². The van der Waals surface area contributed by atoms with E-state index in [2.05, 4.69) is 43.1 Å². The molecule has 0 spiro atoms. The van der Waals surface area contributed by atoms with Crippen LogP contribution in [0.3, 0.4) is 0 Å². The molecule has 1 aliphatic rings. The molecule has 2 atom stereocenters. The van der Waals surface area contributed by atoms with Crippen molar-refractivity contribution < 1.29 is 4.74 Å². The topological polar surface area (TPSA) is 21.3 Å². The molecule has 2 heteroatoms. The number of allylic oxidation sites excluding steroid dienone is 1. The molecule has 1 aromatic rings. The van der Waals surface area contributed by atoms with E-state index in [-0.39, 0.29) is 6.10 Å². The lowest BCUT2D eigenvalue weighted by Crippen LogP contribution is -2.38. The fourth-order valence-corrected chi connectivity index (χ4v) is 2.75. The van der Waals surface area contributed by atoms with E-state index >= 15 is 0 Å². The Hall–Kier alpha value is -1.12. The van der Waals surface area contributed by atoms with Crippen LogP contribution in [0.4, 0.5) is 0 Å². The average Bonchev–Trinajstić information content (AvgIpc) is 2.47. The van der Waals surface area contributed by atoms with Crippen LogP contribution in [-0.4, -0.2) is 19.2 Å². The van der Waals surface area contributed by atoms with Crippen LogP contribution in [-0.2, 0) is 11.2 Å². The predicted molar refractivity (Wildman–Crippen MR) is 80.4 cm³/mol. The molecule has 0 aliphatic carbocycles. The van der Waals surface area contributed by atoms with Crippen molar-refractivity contribution in [2.24, 2.45) is 0 Å². The van der Waals surface area contributed by atoms with Crippen molar-refractivity contribution in [2.45, 2.75) is 44.8 Å². The molecule has 0 bridgehead atoms. The Balaban J connectivity index is 2.14. The number of fused-ring (bicyclic) bond motifs is 1. The van der Waals surface area contributed by atoms with Gasteiger partial charge in [0.2, 0.25) is 0 Å². The monoisotopic (exact) mass is 259 g/mol. The van der Waals surface area contributed by atoms with E-state index < -0.39 is 0 Å². The van der Waals surface area contributed by atoms with Gasteiger partial charge in [-0.3, -0.25) is 0 Å². The Morgan fingerprint density at radius 1 is 1.47 bits per heavy atom. The van der Waals surface area contributed by atoms with Gasteiger partial charge in [-0.15, -0.1) is 6.58 Å². The van der Waals surface area contributed by atoms with E-state index in [1.807, 2.05) is 6.08 Å². The van der Waals surface area contributed by atoms with E-state index in [1.54, 1.807) is 0 Å². The van der Waals surface area contributed by atoms with E-state index in [0.717, 1.165) is 38.8 Å². The molecule has 2 nitrogen and oxygen atoms in total. The summed E-state index contributed by atoms with van der Waals surface area (Å²) in [6.45, 7) is 7.91. The molecule has 104 valence electrons. The van der Waals surface area contributed by atoms with Crippen molar-refractivity contribution >= 4 is 0 Å². The highest BCUT2D eigenvalue weighted by Crippen LogP contribution is 2.31. The zero-order chi connectivity index (χ0) is 13.5. The molecule has 0 saturated heterocycles. The molecule has 1 N–H and O–H groups in total. The molecule has 2 rings (SSSR count). The summed E-state index contributed by atoms with van der Waals surface area (Å²) in [5.74, 6) is 0. The molecule has 0 amide bonds. The minimum Gasteiger partial charge on any atom is -0.372 e. The molecule has 1 heterocycles. The first-order valence-corrected chi connectivity index (χ1v) is 7.40. The summed E-state index contributed by atoms with van der Waals surface area (Å²) in [5, 5.41) is 3.64. The molecular formula is C17H25NO. The first-order valence-electron chi connectivity index (χ1n) is 7.40. The van der Waals surface area contributed by atoms with E-state index in [9.17, 15) is 0 Å². The van der Waals surface area contributed by atoms with Crippen LogP contribution in [0.1, 0.15) is 43.4 Å². The van der Waals surface area contributed by atoms with E-state index in [0.29, 0.717) is 6.04 Å². The smallest absolute Gasteiger partial charge is 0.0980 e. The number of benzene rings is 1. The summed E-state index contributed by atoms with van der Waals surface area (Å²) in [5.41, 5.74) is 2.81. The minimum atomic E-state index is 0.191. The van der Waals surface area contributed by atoms with Crippen LogP contribution < -0.4 is 5.32 Å². The van der Waals surface area contributed by atoms with E-state index in [4.69, 9.17) is 4.74 Å². The zero-order valence-corrected chi connectivity index (χ0v) is 11.9. The van der Waals surface area contributed by atoms with Crippen molar-refractivity contribution in [3.8, 4) is 0 Å². The highest BCUT2D eigenvalue weighted by atomic mass is 16.5. The summed E-state index contributed by atoms with van der Waals surface area (Å²) in [4.78, 5) is 0. The normalized spacial score (nSPS) is 19.7. The maximum Gasteiger partial charge on any atom is 0.0980 e. The van der Waals surface area contributed by atoms with Crippen LogP contribution in [0, 0.1) is 0 Å². The third kappa shape index (κ3) is 3.68. The van der Waals surface area contributed by atoms with Gasteiger partial charge in [0.05, 0.1) is 12.7 Å². The summed E-state index contributed by atoms with van der Waals surface area (Å²) in [6, 6.07) is 9.08. The maximum absolute atomic E-state index is 6.06. The second-order valence-electron chi connectivity index (χ2n) is 5.17. The zero-order valence-electron chi connectivity index (χ0n) is 11.9. The van der Waals surface area contributed by atoms with Crippen molar-refractivity contribution in [1.29, 1.82) is 0 Å². The van der Waals surface area contributed by atoms with Gasteiger partial charge in [-0.1, -0.05) is 37.3 Å². The van der Waals surface area contributed by atoms with Crippen LogP contribution in [0.25, 0.3) is 0 Å². The second-order valence-corrected chi connectivity index (χ2v) is 5.17. The average molecular weight is 259 g/mol. The standard InChI is InChI=1S/C17H25NO/c1-3-5-10-16(18-12-4-2)17-15-9-7-6-8-14(15)11-13-19-17/h3,6-9,16-18H,1,4-5,10-13H2,2H3. The number of nitrogens with one attached hydrogen (secondary N) is 1. The summed E-state index contributed by atoms with van der Waals surface area (Å²) in [7, 11) is 0. The van der Waals surface area contributed by atoms with Crippen molar-refractivity contribution in [3.05, 3.63) is 48.0 Å². The lowest BCUT2D eigenvalue weighted by atomic mass is 9.91. The SMILES string of the molecule is C=CCCC(NCCC)C1OCCc2ccccc21. The molecule has 1 aromatic carbocycles. The Bertz CT molecular complexity index is 402. The van der Waals surface area contributed by atoms with Gasteiger partial charge in [-0.2, -0.15) is 0 Å². The number of ether oxygens (including phenoxy) is 1. The largest absolute Gasteiger partial charge is 0.372 e. The maximum atomic E-state index is 6.06. The fourth-order valence-electron chi connectivity index (χ4n) is 2.75. The fraction of sp³-hybridized carbons (Fsp3) is 0.529. The van der Waals surface area contributed by atoms with Crippen LogP contribution >= 0.6 is 0 Å². The summed E-state index contributed by atoms with van der Waals surface area (Å²) >= 11 is 0. The number of rotatable bonds is 7. The van der Waals surface area contributed by atoms with Crippen molar-refractivity contribution in [1.82, 2.24) is 5.32 Å². The number of hydrogen-bond donors (Lipinski definition) is 1. The van der Waals surface area contributed by atoms with Gasteiger partial charge >= 0.3 is 0 Å². The lowest BCUT2D eigenvalue weighted by Gasteiger charge is -2.33. The Kier molecular flexibility index (Phi) is 5.62. The molecule has 2 unspecified atom stereocenters. The summed E-state index contributed by atoms with van der Waals surface area (Å²) < 4.78 is 6.06. The minimum absolute atomic E-state index is 0.191. The Labute approximate surface area is 116 Å².